The Hall–Kier alpha value is -1.10. The predicted octanol–water partition coefficient (Wildman–Crippen LogP) is -2.07. The van der Waals surface area contributed by atoms with Gasteiger partial charge in [0.05, 0.1) is 0 Å². The van der Waals surface area contributed by atoms with Gasteiger partial charge in [-0.15, -0.1) is 0 Å². The van der Waals surface area contributed by atoms with Gasteiger partial charge in [-0.05, 0) is 39.9 Å². The van der Waals surface area contributed by atoms with Crippen LogP contribution in [0.2, 0.25) is 0 Å². The third-order valence-electron chi connectivity index (χ3n) is 4.19. The number of nitrogens with one attached hydrogen (secondary N) is 2. The van der Waals surface area contributed by atoms with E-state index >= 15 is 0 Å². The normalized spacial score (nSPS) is 20.9. The minimum absolute atomic E-state index is 0.624. The molecule has 1 fully saturated rings. The first-order valence-corrected chi connectivity index (χ1v) is 7.33. The Bertz CT molecular complexity index is 420. The largest absolute Gasteiger partial charge is 0.479 e. The molecule has 0 aromatic heterocycles. The molecule has 1 saturated heterocycles. The molecule has 9 heteroatoms. The number of hydrazine groups is 1. The number of carboxylic acids is 1. The number of hydrogen-bond acceptors (Lipinski definition) is 8. The Morgan fingerprint density at radius 2 is 1.77 bits per heavy atom. The zero-order chi connectivity index (χ0) is 17.1. The van der Waals surface area contributed by atoms with Crippen molar-refractivity contribution in [3.05, 3.63) is 0 Å². The van der Waals surface area contributed by atoms with E-state index in [4.69, 9.17) is 16.6 Å². The van der Waals surface area contributed by atoms with Crippen LogP contribution in [0.4, 0.5) is 0 Å². The Kier molecular flexibility index (Phi) is 6.02. The first-order valence-electron chi connectivity index (χ1n) is 7.33. The summed E-state index contributed by atoms with van der Waals surface area (Å²) in [5, 5.41) is 13.9. The molecule has 128 valence electrons. The van der Waals surface area contributed by atoms with E-state index in [1.54, 1.807) is 21.1 Å². The molecule has 1 aliphatic rings. The van der Waals surface area contributed by atoms with E-state index in [0.717, 1.165) is 25.9 Å². The molecule has 0 radical (unpaired) electrons. The number of aliphatic carboxylic acids is 1. The summed E-state index contributed by atoms with van der Waals surface area (Å²) in [5.74, 6) is -3.31. The standard InChI is InChI=1S/C13H28N6O3/c1-9-5-7-19(8-6-9)17-13(16-2,18(3)4)10(20)12(14,15)11(21)22/h9,16-17H,5-8,14-15H2,1-4H3,(H,21,22). The Morgan fingerprint density at radius 3 is 2.14 bits per heavy atom. The molecule has 22 heavy (non-hydrogen) atoms. The molecular formula is C13H28N6O3. The van der Waals surface area contributed by atoms with Gasteiger partial charge in [-0.25, -0.2) is 15.2 Å². The van der Waals surface area contributed by atoms with Crippen LogP contribution < -0.4 is 22.2 Å². The van der Waals surface area contributed by atoms with Gasteiger partial charge in [0.1, 0.15) is 0 Å². The van der Waals surface area contributed by atoms with Gasteiger partial charge >= 0.3 is 5.97 Å². The van der Waals surface area contributed by atoms with Gasteiger partial charge in [-0.1, -0.05) is 6.92 Å². The van der Waals surface area contributed by atoms with Gasteiger partial charge in [0.25, 0.3) is 0 Å². The highest BCUT2D eigenvalue weighted by molar-refractivity contribution is 6.10. The van der Waals surface area contributed by atoms with Gasteiger partial charge in [0.2, 0.25) is 17.2 Å². The quantitative estimate of drug-likeness (QED) is 0.265. The van der Waals surface area contributed by atoms with Gasteiger partial charge in [0, 0.05) is 13.1 Å². The number of ketones is 1. The first-order chi connectivity index (χ1) is 10.1. The van der Waals surface area contributed by atoms with Gasteiger partial charge in [-0.2, -0.15) is 0 Å². The van der Waals surface area contributed by atoms with Crippen molar-refractivity contribution in [2.45, 2.75) is 31.2 Å². The van der Waals surface area contributed by atoms with Gasteiger partial charge in [-0.3, -0.25) is 26.5 Å². The third kappa shape index (κ3) is 3.62. The zero-order valence-electron chi connectivity index (χ0n) is 13.7. The monoisotopic (exact) mass is 316 g/mol. The van der Waals surface area contributed by atoms with Crippen molar-refractivity contribution in [3.8, 4) is 0 Å². The Balaban J connectivity index is 3.05. The number of nitrogens with two attached hydrogens (primary N) is 2. The summed E-state index contributed by atoms with van der Waals surface area (Å²) in [4.78, 5) is 25.5. The molecule has 1 rings (SSSR count). The van der Waals surface area contributed by atoms with Crippen molar-refractivity contribution in [3.63, 3.8) is 0 Å². The lowest BCUT2D eigenvalue weighted by Crippen LogP contribution is -2.81. The summed E-state index contributed by atoms with van der Waals surface area (Å²) in [5.41, 5.74) is 11.6. The average molecular weight is 316 g/mol. The van der Waals surface area contributed by atoms with Crippen LogP contribution in [0.3, 0.4) is 0 Å². The molecule has 1 unspecified atom stereocenters. The van der Waals surface area contributed by atoms with Crippen LogP contribution in [0, 0.1) is 5.92 Å². The number of carbonyl (C=O) groups is 2. The lowest BCUT2D eigenvalue weighted by Gasteiger charge is -2.45. The maximum atomic E-state index is 12.7. The Morgan fingerprint density at radius 1 is 1.27 bits per heavy atom. The molecular weight excluding hydrogens is 288 g/mol. The van der Waals surface area contributed by atoms with Crippen LogP contribution in [0.15, 0.2) is 0 Å². The zero-order valence-corrected chi connectivity index (χ0v) is 13.7. The number of likely N-dealkylation sites (N-methyl/N-ethyl adjacent to an activating group) is 2. The van der Waals surface area contributed by atoms with Crippen LogP contribution in [0.1, 0.15) is 19.8 Å². The smallest absolute Gasteiger partial charge is 0.346 e. The van der Waals surface area contributed by atoms with E-state index < -0.39 is 23.2 Å². The number of Topliss-reactive ketones (excluding diaryl/α,β-unsaturated/α-hetero) is 1. The number of rotatable bonds is 7. The lowest BCUT2D eigenvalue weighted by molar-refractivity contribution is -0.157. The molecule has 0 spiro atoms. The predicted molar refractivity (Wildman–Crippen MR) is 82.3 cm³/mol. The molecule has 1 heterocycles. The summed E-state index contributed by atoms with van der Waals surface area (Å²) in [7, 11) is 4.84. The maximum Gasteiger partial charge on any atom is 0.346 e. The average Bonchev–Trinajstić information content (AvgIpc) is 2.45. The van der Waals surface area contributed by atoms with Crippen LogP contribution in [0.25, 0.3) is 0 Å². The van der Waals surface area contributed by atoms with Crippen LogP contribution in [-0.2, 0) is 9.59 Å². The number of hydrogen-bond donors (Lipinski definition) is 5. The van der Waals surface area contributed by atoms with E-state index in [9.17, 15) is 9.59 Å². The molecule has 0 aromatic carbocycles. The van der Waals surface area contributed by atoms with E-state index in [1.807, 2.05) is 5.01 Å². The van der Waals surface area contributed by atoms with E-state index in [0.29, 0.717) is 5.92 Å². The van der Waals surface area contributed by atoms with E-state index in [-0.39, 0.29) is 0 Å². The number of piperidine rings is 1. The summed E-state index contributed by atoms with van der Waals surface area (Å²) < 4.78 is 0. The highest BCUT2D eigenvalue weighted by Crippen LogP contribution is 2.18. The molecule has 1 aliphatic heterocycles. The van der Waals surface area contributed by atoms with Crippen molar-refractivity contribution in [2.75, 3.05) is 34.2 Å². The lowest BCUT2D eigenvalue weighted by atomic mass is 9.98. The number of nitrogens with zero attached hydrogens (tertiary/aromatic N) is 2. The summed E-state index contributed by atoms with van der Waals surface area (Å²) in [6.07, 6.45) is 1.98. The fraction of sp³-hybridized carbons (Fsp3) is 0.846. The fourth-order valence-electron chi connectivity index (χ4n) is 2.49. The SMILES string of the molecule is CNC(NN1CCC(C)CC1)(C(=O)C(N)(N)C(=O)O)N(C)C. The minimum Gasteiger partial charge on any atom is -0.479 e. The molecule has 7 N–H and O–H groups in total. The molecule has 0 aliphatic carbocycles. The van der Waals surface area contributed by atoms with Crippen molar-refractivity contribution < 1.29 is 14.7 Å². The minimum atomic E-state index is -2.50. The molecule has 0 saturated carbocycles. The highest BCUT2D eigenvalue weighted by atomic mass is 16.4. The second-order valence-electron chi connectivity index (χ2n) is 6.14. The molecule has 1 atom stereocenters. The van der Waals surface area contributed by atoms with Crippen molar-refractivity contribution in [2.24, 2.45) is 17.4 Å². The maximum absolute atomic E-state index is 12.7. The van der Waals surface area contributed by atoms with Crippen molar-refractivity contribution >= 4 is 11.8 Å². The van der Waals surface area contributed by atoms with Crippen LogP contribution >= 0.6 is 0 Å². The van der Waals surface area contributed by atoms with Gasteiger partial charge < -0.3 is 5.11 Å². The second kappa shape index (κ2) is 6.99. The first kappa shape index (κ1) is 18.9. The van der Waals surface area contributed by atoms with Crippen LogP contribution in [-0.4, -0.2) is 72.5 Å². The topological polar surface area (TPSA) is 137 Å². The fourth-order valence-corrected chi connectivity index (χ4v) is 2.49. The van der Waals surface area contributed by atoms with E-state index in [2.05, 4.69) is 17.7 Å². The van der Waals surface area contributed by atoms with Crippen molar-refractivity contribution in [1.82, 2.24) is 20.7 Å². The molecule has 9 nitrogen and oxygen atoms in total. The number of carbonyl (C=O) groups excluding carboxylic acids is 1. The Labute approximate surface area is 130 Å². The molecule has 0 aromatic rings. The van der Waals surface area contributed by atoms with Crippen molar-refractivity contribution in [1.29, 1.82) is 0 Å². The van der Waals surface area contributed by atoms with Crippen LogP contribution in [0.5, 0.6) is 0 Å². The van der Waals surface area contributed by atoms with Gasteiger partial charge in [0.15, 0.2) is 0 Å². The summed E-state index contributed by atoms with van der Waals surface area (Å²) in [6.45, 7) is 3.68. The third-order valence-corrected chi connectivity index (χ3v) is 4.19. The molecule has 0 bridgehead atoms. The number of carboxylic acid groups (broad SMARTS) is 1. The molecule has 0 amide bonds. The second-order valence-corrected chi connectivity index (χ2v) is 6.14. The highest BCUT2D eigenvalue weighted by Gasteiger charge is 2.52. The van der Waals surface area contributed by atoms with E-state index in [1.165, 1.54) is 4.90 Å². The summed E-state index contributed by atoms with van der Waals surface area (Å²) >= 11 is 0. The summed E-state index contributed by atoms with van der Waals surface area (Å²) in [6, 6.07) is 0.